The van der Waals surface area contributed by atoms with Crippen LogP contribution in [0.5, 0.6) is 0 Å². The fraction of sp³-hybridized carbons (Fsp3) is 0.348. The highest BCUT2D eigenvalue weighted by Crippen LogP contribution is 2.36. The van der Waals surface area contributed by atoms with E-state index < -0.39 is 0 Å². The van der Waals surface area contributed by atoms with Crippen LogP contribution in [0.3, 0.4) is 0 Å². The maximum Gasteiger partial charge on any atom is 0.262 e. The molecule has 4 rings (SSSR count). The van der Waals surface area contributed by atoms with E-state index in [1.54, 1.807) is 4.57 Å². The molecule has 29 heavy (non-hydrogen) atoms. The van der Waals surface area contributed by atoms with E-state index in [2.05, 4.69) is 36.3 Å². The van der Waals surface area contributed by atoms with Gasteiger partial charge in [-0.05, 0) is 55.0 Å². The Bertz CT molecular complexity index is 1090. The molecule has 0 bridgehead atoms. The van der Waals surface area contributed by atoms with Crippen molar-refractivity contribution in [3.05, 3.63) is 64.4 Å². The molecule has 0 saturated heterocycles. The lowest BCUT2D eigenvalue weighted by Crippen LogP contribution is -2.23. The lowest BCUT2D eigenvalue weighted by Gasteiger charge is -2.13. The molecule has 2 aromatic carbocycles. The Morgan fingerprint density at radius 2 is 1.93 bits per heavy atom. The SMILES string of the molecule is CC[C@H](C)c1ccc(NC(=O)CSc2nc3ccccc3c(=O)n2C2CC2)cc1. The van der Waals surface area contributed by atoms with Crippen molar-refractivity contribution < 1.29 is 4.79 Å². The Hall–Kier alpha value is -2.60. The first-order valence-corrected chi connectivity index (χ1v) is 11.1. The first kappa shape index (κ1) is 19.7. The molecule has 5 nitrogen and oxygen atoms in total. The molecule has 3 aromatic rings. The number of hydrogen-bond donors (Lipinski definition) is 1. The number of aromatic nitrogens is 2. The minimum atomic E-state index is -0.101. The van der Waals surface area contributed by atoms with Crippen LogP contribution in [0.2, 0.25) is 0 Å². The number of fused-ring (bicyclic) bond motifs is 1. The van der Waals surface area contributed by atoms with E-state index in [-0.39, 0.29) is 23.3 Å². The van der Waals surface area contributed by atoms with Crippen molar-refractivity contribution in [3.63, 3.8) is 0 Å². The van der Waals surface area contributed by atoms with Crippen LogP contribution in [0.4, 0.5) is 5.69 Å². The number of carbonyl (C=O) groups excluding carboxylic acids is 1. The molecule has 1 N–H and O–H groups in total. The number of benzene rings is 2. The Morgan fingerprint density at radius 3 is 2.62 bits per heavy atom. The molecule has 0 unspecified atom stereocenters. The fourth-order valence-corrected chi connectivity index (χ4v) is 4.21. The summed E-state index contributed by atoms with van der Waals surface area (Å²) in [5.74, 6) is 0.620. The summed E-state index contributed by atoms with van der Waals surface area (Å²) in [6.07, 6.45) is 3.06. The van der Waals surface area contributed by atoms with Gasteiger partial charge >= 0.3 is 0 Å². The fourth-order valence-electron chi connectivity index (χ4n) is 3.34. The molecule has 0 spiro atoms. The van der Waals surface area contributed by atoms with Crippen LogP contribution in [-0.4, -0.2) is 21.2 Å². The van der Waals surface area contributed by atoms with Crippen LogP contribution >= 0.6 is 11.8 Å². The number of thioether (sulfide) groups is 1. The molecular formula is C23H25N3O2S. The molecule has 1 amide bonds. The number of hydrogen-bond acceptors (Lipinski definition) is 4. The number of amides is 1. The van der Waals surface area contributed by atoms with Gasteiger partial charge in [-0.2, -0.15) is 0 Å². The molecule has 1 aromatic heterocycles. The third-order valence-electron chi connectivity index (χ3n) is 5.40. The Kier molecular flexibility index (Phi) is 5.72. The third-order valence-corrected chi connectivity index (χ3v) is 6.35. The topological polar surface area (TPSA) is 64.0 Å². The Balaban J connectivity index is 1.47. The maximum absolute atomic E-state index is 12.9. The lowest BCUT2D eigenvalue weighted by molar-refractivity contribution is -0.113. The molecule has 0 aliphatic heterocycles. The zero-order chi connectivity index (χ0) is 20.4. The first-order valence-electron chi connectivity index (χ1n) is 10.1. The number of para-hydroxylation sites is 1. The molecule has 1 heterocycles. The van der Waals surface area contributed by atoms with Gasteiger partial charge in [-0.25, -0.2) is 4.98 Å². The largest absolute Gasteiger partial charge is 0.325 e. The Labute approximate surface area is 174 Å². The normalized spacial score (nSPS) is 14.7. The van der Waals surface area contributed by atoms with Crippen molar-refractivity contribution in [3.8, 4) is 0 Å². The average Bonchev–Trinajstić information content (AvgIpc) is 3.57. The second-order valence-electron chi connectivity index (χ2n) is 7.59. The van der Waals surface area contributed by atoms with Crippen molar-refractivity contribution in [1.29, 1.82) is 0 Å². The number of nitrogens with one attached hydrogen (secondary N) is 1. The Morgan fingerprint density at radius 1 is 1.21 bits per heavy atom. The first-order chi connectivity index (χ1) is 14.1. The predicted octanol–water partition coefficient (Wildman–Crippen LogP) is 4.98. The van der Waals surface area contributed by atoms with Gasteiger partial charge in [0.05, 0.1) is 16.7 Å². The second kappa shape index (κ2) is 8.41. The molecular weight excluding hydrogens is 382 g/mol. The number of rotatable bonds is 7. The maximum atomic E-state index is 12.9. The predicted molar refractivity (Wildman–Crippen MR) is 119 cm³/mol. The van der Waals surface area contributed by atoms with Gasteiger partial charge in [-0.15, -0.1) is 0 Å². The second-order valence-corrected chi connectivity index (χ2v) is 8.53. The van der Waals surface area contributed by atoms with E-state index in [1.165, 1.54) is 17.3 Å². The summed E-state index contributed by atoms with van der Waals surface area (Å²) < 4.78 is 1.77. The number of nitrogens with zero attached hydrogens (tertiary/aromatic N) is 2. The highest BCUT2D eigenvalue weighted by Gasteiger charge is 2.28. The average molecular weight is 408 g/mol. The van der Waals surface area contributed by atoms with Crippen molar-refractivity contribution in [2.75, 3.05) is 11.1 Å². The summed E-state index contributed by atoms with van der Waals surface area (Å²) in [4.78, 5) is 30.0. The molecule has 1 fully saturated rings. The smallest absolute Gasteiger partial charge is 0.262 e. The van der Waals surface area contributed by atoms with Gasteiger partial charge in [0.1, 0.15) is 0 Å². The van der Waals surface area contributed by atoms with E-state index in [0.29, 0.717) is 22.0 Å². The summed E-state index contributed by atoms with van der Waals surface area (Å²) in [7, 11) is 0. The van der Waals surface area contributed by atoms with E-state index in [9.17, 15) is 9.59 Å². The van der Waals surface area contributed by atoms with Crippen molar-refractivity contribution in [2.45, 2.75) is 50.2 Å². The van der Waals surface area contributed by atoms with E-state index >= 15 is 0 Å². The summed E-state index contributed by atoms with van der Waals surface area (Å²) in [5, 5.41) is 4.19. The van der Waals surface area contributed by atoms with Crippen LogP contribution in [0.1, 0.15) is 50.6 Å². The lowest BCUT2D eigenvalue weighted by atomic mass is 9.99. The number of carbonyl (C=O) groups is 1. The van der Waals surface area contributed by atoms with Gasteiger partial charge in [0, 0.05) is 11.7 Å². The monoisotopic (exact) mass is 407 g/mol. The van der Waals surface area contributed by atoms with Crippen molar-refractivity contribution in [1.82, 2.24) is 9.55 Å². The van der Waals surface area contributed by atoms with Crippen LogP contribution in [0, 0.1) is 0 Å². The molecule has 1 atom stereocenters. The molecule has 1 saturated carbocycles. The van der Waals surface area contributed by atoms with Crippen molar-refractivity contribution in [2.24, 2.45) is 0 Å². The highest BCUT2D eigenvalue weighted by atomic mass is 32.2. The molecule has 0 radical (unpaired) electrons. The van der Waals surface area contributed by atoms with E-state index in [0.717, 1.165) is 24.9 Å². The van der Waals surface area contributed by atoms with Crippen molar-refractivity contribution >= 4 is 34.3 Å². The van der Waals surface area contributed by atoms with Gasteiger partial charge in [0.25, 0.3) is 5.56 Å². The molecule has 150 valence electrons. The van der Waals surface area contributed by atoms with Crippen LogP contribution in [-0.2, 0) is 4.79 Å². The quantitative estimate of drug-likeness (QED) is 0.443. The minimum Gasteiger partial charge on any atom is -0.325 e. The number of anilines is 1. The molecule has 1 aliphatic carbocycles. The highest BCUT2D eigenvalue weighted by molar-refractivity contribution is 7.99. The summed E-state index contributed by atoms with van der Waals surface area (Å²) in [6.45, 7) is 4.36. The standard InChI is InChI=1S/C23H25N3O2S/c1-3-15(2)16-8-10-17(11-9-16)24-21(27)14-29-23-25-20-7-5-4-6-19(20)22(28)26(23)18-12-13-18/h4-11,15,18H,3,12-14H2,1-2H3,(H,24,27)/t15-/m0/s1. The van der Waals surface area contributed by atoms with Gasteiger partial charge < -0.3 is 5.32 Å². The molecule has 6 heteroatoms. The minimum absolute atomic E-state index is 0.0124. The zero-order valence-corrected chi connectivity index (χ0v) is 17.5. The summed E-state index contributed by atoms with van der Waals surface area (Å²) in [5.41, 5.74) is 2.72. The van der Waals surface area contributed by atoms with Gasteiger partial charge in [0.2, 0.25) is 5.91 Å². The van der Waals surface area contributed by atoms with Crippen LogP contribution in [0.25, 0.3) is 10.9 Å². The summed E-state index contributed by atoms with van der Waals surface area (Å²) >= 11 is 1.32. The van der Waals surface area contributed by atoms with Gasteiger partial charge in [-0.1, -0.05) is 49.9 Å². The van der Waals surface area contributed by atoms with E-state index in [1.807, 2.05) is 36.4 Å². The third kappa shape index (κ3) is 4.37. The molecule has 1 aliphatic rings. The van der Waals surface area contributed by atoms with Gasteiger partial charge in [0.15, 0.2) is 5.16 Å². The van der Waals surface area contributed by atoms with Crippen LogP contribution < -0.4 is 10.9 Å². The van der Waals surface area contributed by atoms with E-state index in [4.69, 9.17) is 0 Å². The van der Waals surface area contributed by atoms with Gasteiger partial charge in [-0.3, -0.25) is 14.2 Å². The van der Waals surface area contributed by atoms with Crippen LogP contribution in [0.15, 0.2) is 58.5 Å². The summed E-state index contributed by atoms with van der Waals surface area (Å²) in [6, 6.07) is 15.6. The zero-order valence-electron chi connectivity index (χ0n) is 16.7.